The number of carbonyl (C=O) groups is 2. The lowest BCUT2D eigenvalue weighted by molar-refractivity contribution is -0.142. The Kier molecular flexibility index (Phi) is 9.09. The number of ether oxygens (including phenoxy) is 3. The van der Waals surface area contributed by atoms with E-state index in [1.165, 1.54) is 18.2 Å². The molecule has 2 N–H and O–H groups in total. The Morgan fingerprint density at radius 1 is 1.18 bits per heavy atom. The molecule has 0 fully saturated rings. The molecule has 2 heterocycles. The molecule has 0 saturated carbocycles. The molecule has 3 atom stereocenters. The van der Waals surface area contributed by atoms with E-state index >= 15 is 0 Å². The normalized spacial score (nSPS) is 19.5. The van der Waals surface area contributed by atoms with Gasteiger partial charge in [-0.2, -0.15) is 13.2 Å². The quantitative estimate of drug-likeness (QED) is 0.473. The zero-order chi connectivity index (χ0) is 29.0. The van der Waals surface area contributed by atoms with Gasteiger partial charge in [0.1, 0.15) is 11.9 Å². The first-order valence-corrected chi connectivity index (χ1v) is 13.1. The number of aliphatic hydroxyl groups excluding tert-OH is 1. The fraction of sp³-hybridized carbons (Fsp3) is 0.500. The number of fused-ring (bicyclic) bond motifs is 2. The maximum Gasteiger partial charge on any atom is 0.389 e. The van der Waals surface area contributed by atoms with Crippen molar-refractivity contribution >= 4 is 17.5 Å². The smallest absolute Gasteiger partial charge is 0.389 e. The zero-order valence-electron chi connectivity index (χ0n) is 22.7. The molecular weight excluding hydrogens is 531 g/mol. The Bertz CT molecular complexity index is 1220. The average molecular weight is 566 g/mol. The molecule has 218 valence electrons. The second kappa shape index (κ2) is 12.3. The SMILES string of the molecule is C[C@H](CO)N1C[C@H](C)[C@H](CN(C)Cc2ccc3c(c2)OCO3)Oc2ccc(NC(=O)CCC(F)(F)F)cc2C1=O. The molecular formula is C28H34F3N3O6. The van der Waals surface area contributed by atoms with Crippen LogP contribution in [0.2, 0.25) is 0 Å². The van der Waals surface area contributed by atoms with Crippen LogP contribution in [0.4, 0.5) is 18.9 Å². The van der Waals surface area contributed by atoms with E-state index in [2.05, 4.69) is 10.2 Å². The molecule has 9 nitrogen and oxygen atoms in total. The third-order valence-corrected chi connectivity index (χ3v) is 6.97. The highest BCUT2D eigenvalue weighted by molar-refractivity contribution is 5.99. The first-order valence-electron chi connectivity index (χ1n) is 13.1. The minimum Gasteiger partial charge on any atom is -0.488 e. The summed E-state index contributed by atoms with van der Waals surface area (Å²) < 4.78 is 54.8. The molecule has 0 spiro atoms. The van der Waals surface area contributed by atoms with Crippen LogP contribution in [0, 0.1) is 5.92 Å². The van der Waals surface area contributed by atoms with Crippen LogP contribution in [0.5, 0.6) is 17.2 Å². The summed E-state index contributed by atoms with van der Waals surface area (Å²) in [6.07, 6.45) is -6.76. The standard InChI is InChI=1S/C28H34F3N3O6/c1-17-12-34(18(2)15-35)27(37)21-11-20(32-26(36)8-9-28(29,30)31)5-7-22(21)40-25(17)14-33(3)13-19-4-6-23-24(10-19)39-16-38-23/h4-7,10-11,17-18,25,35H,8-9,12-16H2,1-3H3,(H,32,36)/t17-,18+,25-/m0/s1. The third kappa shape index (κ3) is 7.36. The lowest BCUT2D eigenvalue weighted by atomic mass is 9.99. The molecule has 2 amide bonds. The summed E-state index contributed by atoms with van der Waals surface area (Å²) in [5.74, 6) is 0.381. The van der Waals surface area contributed by atoms with Crippen molar-refractivity contribution < 1.29 is 42.1 Å². The first-order chi connectivity index (χ1) is 18.9. The van der Waals surface area contributed by atoms with E-state index < -0.39 is 36.9 Å². The van der Waals surface area contributed by atoms with E-state index in [1.807, 2.05) is 32.2 Å². The van der Waals surface area contributed by atoms with Crippen molar-refractivity contribution in [3.63, 3.8) is 0 Å². The van der Waals surface area contributed by atoms with Gasteiger partial charge in [-0.15, -0.1) is 0 Å². The summed E-state index contributed by atoms with van der Waals surface area (Å²) in [4.78, 5) is 29.3. The molecule has 2 aliphatic rings. The van der Waals surface area contributed by atoms with Crippen molar-refractivity contribution in [2.75, 3.05) is 38.9 Å². The van der Waals surface area contributed by atoms with Crippen LogP contribution in [-0.2, 0) is 11.3 Å². The molecule has 0 aromatic heterocycles. The van der Waals surface area contributed by atoms with Crippen molar-refractivity contribution in [1.82, 2.24) is 9.80 Å². The number of carbonyl (C=O) groups excluding carboxylic acids is 2. The van der Waals surface area contributed by atoms with E-state index in [4.69, 9.17) is 14.2 Å². The van der Waals surface area contributed by atoms with Crippen molar-refractivity contribution in [2.24, 2.45) is 5.92 Å². The zero-order valence-corrected chi connectivity index (χ0v) is 22.7. The Hall–Kier alpha value is -3.51. The third-order valence-electron chi connectivity index (χ3n) is 6.97. The van der Waals surface area contributed by atoms with Crippen LogP contribution in [0.25, 0.3) is 0 Å². The van der Waals surface area contributed by atoms with Crippen LogP contribution in [0.1, 0.15) is 42.6 Å². The summed E-state index contributed by atoms with van der Waals surface area (Å²) >= 11 is 0. The predicted octanol–water partition coefficient (Wildman–Crippen LogP) is 4.05. The summed E-state index contributed by atoms with van der Waals surface area (Å²) in [5.41, 5.74) is 1.37. The van der Waals surface area contributed by atoms with Gasteiger partial charge in [0.2, 0.25) is 12.7 Å². The highest BCUT2D eigenvalue weighted by atomic mass is 19.4. The van der Waals surface area contributed by atoms with Gasteiger partial charge in [0.25, 0.3) is 5.91 Å². The number of alkyl halides is 3. The second-order valence-electron chi connectivity index (χ2n) is 10.4. The number of benzene rings is 2. The highest BCUT2D eigenvalue weighted by Crippen LogP contribution is 2.34. The molecule has 4 rings (SSSR count). The molecule has 40 heavy (non-hydrogen) atoms. The topological polar surface area (TPSA) is 101 Å². The van der Waals surface area contributed by atoms with Gasteiger partial charge in [0, 0.05) is 37.7 Å². The molecule has 0 bridgehead atoms. The molecule has 0 saturated heterocycles. The van der Waals surface area contributed by atoms with Crippen molar-refractivity contribution in [1.29, 1.82) is 0 Å². The molecule has 2 aliphatic heterocycles. The highest BCUT2D eigenvalue weighted by Gasteiger charge is 2.34. The van der Waals surface area contributed by atoms with E-state index in [0.717, 1.165) is 5.56 Å². The van der Waals surface area contributed by atoms with Gasteiger partial charge in [0.05, 0.1) is 24.6 Å². The largest absolute Gasteiger partial charge is 0.488 e. The molecule has 0 unspecified atom stereocenters. The Balaban J connectivity index is 1.53. The number of halogens is 3. The number of nitrogens with zero attached hydrogens (tertiary/aromatic N) is 2. The van der Waals surface area contributed by atoms with Crippen molar-refractivity contribution in [2.45, 2.75) is 51.6 Å². The van der Waals surface area contributed by atoms with E-state index in [1.54, 1.807) is 11.8 Å². The van der Waals surface area contributed by atoms with Crippen molar-refractivity contribution in [3.05, 3.63) is 47.5 Å². The van der Waals surface area contributed by atoms with Gasteiger partial charge in [-0.25, -0.2) is 0 Å². The molecule has 12 heteroatoms. The van der Waals surface area contributed by atoms with Gasteiger partial charge in [-0.1, -0.05) is 13.0 Å². The number of hydrogen-bond acceptors (Lipinski definition) is 7. The van der Waals surface area contributed by atoms with Crippen LogP contribution in [-0.4, -0.2) is 78.6 Å². The lowest BCUT2D eigenvalue weighted by Gasteiger charge is -2.38. The molecule has 2 aromatic carbocycles. The summed E-state index contributed by atoms with van der Waals surface area (Å²) in [6, 6.07) is 9.73. The maximum atomic E-state index is 13.5. The number of amides is 2. The molecule has 0 radical (unpaired) electrons. The monoisotopic (exact) mass is 565 g/mol. The fourth-order valence-corrected chi connectivity index (χ4v) is 4.72. The van der Waals surface area contributed by atoms with E-state index in [-0.39, 0.29) is 36.7 Å². The van der Waals surface area contributed by atoms with Gasteiger partial charge in [0.15, 0.2) is 11.5 Å². The van der Waals surface area contributed by atoms with Gasteiger partial charge in [-0.05, 0) is 49.9 Å². The average Bonchev–Trinajstić information content (AvgIpc) is 3.37. The minimum absolute atomic E-state index is 0.105. The Morgan fingerprint density at radius 2 is 1.90 bits per heavy atom. The molecule has 2 aromatic rings. The van der Waals surface area contributed by atoms with E-state index in [0.29, 0.717) is 36.9 Å². The number of anilines is 1. The lowest BCUT2D eigenvalue weighted by Crippen LogP contribution is -2.49. The summed E-state index contributed by atoms with van der Waals surface area (Å²) in [5, 5.41) is 12.3. The maximum absolute atomic E-state index is 13.5. The Labute approximate surface area is 230 Å². The summed E-state index contributed by atoms with van der Waals surface area (Å²) in [7, 11) is 1.96. The second-order valence-corrected chi connectivity index (χ2v) is 10.4. The van der Waals surface area contributed by atoms with Crippen LogP contribution in [0.15, 0.2) is 36.4 Å². The predicted molar refractivity (Wildman–Crippen MR) is 140 cm³/mol. The van der Waals surface area contributed by atoms with E-state index in [9.17, 15) is 27.9 Å². The van der Waals surface area contributed by atoms with Gasteiger partial charge < -0.3 is 29.5 Å². The van der Waals surface area contributed by atoms with Gasteiger partial charge in [-0.3, -0.25) is 14.5 Å². The number of likely N-dealkylation sites (N-methyl/N-ethyl adjacent to an activating group) is 1. The number of nitrogens with one attached hydrogen (secondary N) is 1. The van der Waals surface area contributed by atoms with Crippen LogP contribution < -0.4 is 19.5 Å². The first kappa shape index (κ1) is 29.5. The number of hydrogen-bond donors (Lipinski definition) is 2. The fourth-order valence-electron chi connectivity index (χ4n) is 4.72. The van der Waals surface area contributed by atoms with Gasteiger partial charge >= 0.3 is 6.18 Å². The number of rotatable bonds is 9. The minimum atomic E-state index is -4.45. The van der Waals surface area contributed by atoms with Crippen LogP contribution in [0.3, 0.4) is 0 Å². The number of aliphatic hydroxyl groups is 1. The Morgan fingerprint density at radius 3 is 2.62 bits per heavy atom. The van der Waals surface area contributed by atoms with Crippen LogP contribution >= 0.6 is 0 Å². The molecule has 0 aliphatic carbocycles. The van der Waals surface area contributed by atoms with Crippen molar-refractivity contribution in [3.8, 4) is 17.2 Å². The summed E-state index contributed by atoms with van der Waals surface area (Å²) in [6.45, 7) is 5.08.